The number of carboxylic acid groups (broad SMARTS) is 2. The molecule has 0 radical (unpaired) electrons. The van der Waals surface area contributed by atoms with Gasteiger partial charge in [-0.15, -0.1) is 0 Å². The Hall–Kier alpha value is -8.06. The Balaban J connectivity index is 0.000000194. The lowest BCUT2D eigenvalue weighted by molar-refractivity contribution is -0.140. The summed E-state index contributed by atoms with van der Waals surface area (Å²) in [6.45, 7) is 24.5. The third kappa shape index (κ3) is 18.1. The first kappa shape index (κ1) is 74.3. The van der Waals surface area contributed by atoms with Gasteiger partial charge in [-0.2, -0.15) is 8.42 Å². The number of hydrogen-bond acceptors (Lipinski definition) is 16. The highest BCUT2D eigenvalue weighted by Crippen LogP contribution is 2.39. The molecule has 10 rings (SSSR count). The Bertz CT molecular complexity index is 4650. The number of aromatic nitrogens is 8. The number of aliphatic carboxylic acids is 2. The molecule has 1 aliphatic heterocycles. The largest absolute Gasteiger partial charge is 0.497 e. The fourth-order valence-corrected chi connectivity index (χ4v) is 12.9. The Morgan fingerprint density at radius 3 is 1.36 bits per heavy atom. The molecule has 1 aliphatic rings. The number of fused-ring (bicyclic) bond motifs is 2. The number of aryl methyl sites for hydroxylation is 3. The zero-order chi connectivity index (χ0) is 70.7. The van der Waals surface area contributed by atoms with Gasteiger partial charge in [-0.1, -0.05) is 94.6 Å². The van der Waals surface area contributed by atoms with Gasteiger partial charge in [-0.05, 0) is 144 Å². The molecular formula is C65H72BClF4N8O13S3. The summed E-state index contributed by atoms with van der Waals surface area (Å²) in [6, 6.07) is 21.1. The maximum Gasteiger partial charge on any atom is 0.497 e. The average molecular weight is 1390 g/mol. The molecule has 9 aromatic rings. The van der Waals surface area contributed by atoms with Gasteiger partial charge in [0, 0.05) is 47.0 Å². The van der Waals surface area contributed by atoms with Crippen LogP contribution in [0.25, 0.3) is 33.5 Å². The highest BCUT2D eigenvalue weighted by molar-refractivity contribution is 7.90. The zero-order valence-electron chi connectivity index (χ0n) is 54.2. The predicted molar refractivity (Wildman–Crippen MR) is 349 cm³/mol. The van der Waals surface area contributed by atoms with Crippen LogP contribution in [0.1, 0.15) is 110 Å². The van der Waals surface area contributed by atoms with Crippen LogP contribution in [-0.2, 0) is 61.9 Å². The van der Waals surface area contributed by atoms with Crippen molar-refractivity contribution in [2.45, 2.75) is 142 Å². The Morgan fingerprint density at radius 2 is 0.947 bits per heavy atom. The van der Waals surface area contributed by atoms with E-state index < -0.39 is 95.0 Å². The molecule has 6 aromatic heterocycles. The van der Waals surface area contributed by atoms with Gasteiger partial charge < -0.3 is 19.5 Å². The fraction of sp³-hybridized carbons (Fsp3) is 0.354. The van der Waals surface area contributed by atoms with Gasteiger partial charge in [0.05, 0.1) is 62.1 Å². The van der Waals surface area contributed by atoms with Crippen LogP contribution in [0.5, 0.6) is 0 Å². The minimum atomic E-state index is -4.12. The number of hydrogen-bond donors (Lipinski definition) is 3. The van der Waals surface area contributed by atoms with Crippen molar-refractivity contribution in [3.05, 3.63) is 179 Å². The molecule has 21 nitrogen and oxygen atoms in total. The first-order chi connectivity index (χ1) is 43.9. The summed E-state index contributed by atoms with van der Waals surface area (Å²) in [5.41, 5.74) is 1.61. The van der Waals surface area contributed by atoms with E-state index in [1.807, 2.05) is 90.0 Å². The molecule has 2 atom stereocenters. The van der Waals surface area contributed by atoms with E-state index in [0.717, 1.165) is 55.5 Å². The van der Waals surface area contributed by atoms with Crippen LogP contribution >= 0.6 is 11.6 Å². The van der Waals surface area contributed by atoms with E-state index in [-0.39, 0.29) is 96.4 Å². The van der Waals surface area contributed by atoms with Gasteiger partial charge in [0.1, 0.15) is 11.6 Å². The summed E-state index contributed by atoms with van der Waals surface area (Å²) in [5, 5.41) is 18.7. The second-order valence-electron chi connectivity index (χ2n) is 25.9. The second-order valence-corrected chi connectivity index (χ2v) is 31.3. The molecule has 30 heteroatoms. The Labute approximate surface area is 554 Å². The molecule has 3 N–H and O–H groups in total. The minimum Gasteiger partial charge on any atom is -0.481 e. The average Bonchev–Trinajstić information content (AvgIpc) is 1.60. The van der Waals surface area contributed by atoms with E-state index >= 15 is 0 Å². The van der Waals surface area contributed by atoms with Crippen LogP contribution in [0.2, 0.25) is 5.28 Å². The quantitative estimate of drug-likeness (QED) is 0.0372. The number of nitrogens with zero attached hydrogens (tertiary/aromatic N) is 8. The lowest BCUT2D eigenvalue weighted by atomic mass is 9.76. The van der Waals surface area contributed by atoms with Crippen LogP contribution in [0, 0.1) is 66.7 Å². The standard InChI is InChI=1S/C26H26F2N4O4S.C20H22BFN2O4S.C12H16ClFN2O2.C7H8O3S/c1-15-5-7-18(8-6-15)37(35,36)32-14-20(19-11-17(27)12-30-25(19)32)24-29-13-21(28)22(31-24)9-16(10-23(33)34)26(2,3)4;1-13-6-8-15(9-7-13)29(25,26)24-12-17(16-10-14(22)11-23-18(16)24)21-27-19(2,3)20(4,5)28-21;1-12(2,3)7(5-10(17)18)4-9-8(14)6-15-11(13)16-9;1-6-2-4-7(5-3-6)11(8,9)10/h5-8,11-14,16H,9-10H2,1-4H3,(H,33,34);6-12H,1-5H3;6-7H,4-5H2,1-3H3,(H,17,18);2-5H,1H3,(H,8,9,10)/t16-;;7-;/m1.1./s1. The lowest BCUT2D eigenvalue weighted by Gasteiger charge is -2.32. The van der Waals surface area contributed by atoms with Crippen molar-refractivity contribution >= 4 is 88.4 Å². The summed E-state index contributed by atoms with van der Waals surface area (Å²) < 4.78 is 154. The molecule has 1 fully saturated rings. The summed E-state index contributed by atoms with van der Waals surface area (Å²) in [6.07, 6.45) is 6.52. The van der Waals surface area contributed by atoms with Crippen molar-refractivity contribution in [2.75, 3.05) is 0 Å². The smallest absolute Gasteiger partial charge is 0.481 e. The first-order valence-corrected chi connectivity index (χ1v) is 34.1. The highest BCUT2D eigenvalue weighted by Gasteiger charge is 2.53. The number of pyridine rings is 2. The molecule has 3 aromatic carbocycles. The van der Waals surface area contributed by atoms with Crippen molar-refractivity contribution in [1.29, 1.82) is 0 Å². The van der Waals surface area contributed by atoms with Gasteiger partial charge in [0.25, 0.3) is 30.2 Å². The number of carboxylic acids is 2. The predicted octanol–water partition coefficient (Wildman–Crippen LogP) is 12.2. The molecule has 7 heterocycles. The number of rotatable bonds is 15. The Kier molecular flexibility index (Phi) is 22.5. The van der Waals surface area contributed by atoms with Gasteiger partial charge in [0.2, 0.25) is 5.28 Å². The first-order valence-electron chi connectivity index (χ1n) is 29.4. The van der Waals surface area contributed by atoms with Crippen LogP contribution < -0.4 is 5.46 Å². The van der Waals surface area contributed by atoms with Crippen LogP contribution in [0.3, 0.4) is 0 Å². The monoisotopic (exact) mass is 1390 g/mol. The molecule has 0 amide bonds. The summed E-state index contributed by atoms with van der Waals surface area (Å²) in [5.74, 6) is -5.16. The topological polar surface area (TPSA) is 303 Å². The summed E-state index contributed by atoms with van der Waals surface area (Å²) in [7, 11) is -12.9. The van der Waals surface area contributed by atoms with E-state index in [0.29, 0.717) is 10.8 Å². The van der Waals surface area contributed by atoms with E-state index in [4.69, 9.17) is 30.6 Å². The fourth-order valence-electron chi connectivity index (χ4n) is 9.65. The van der Waals surface area contributed by atoms with Crippen molar-refractivity contribution in [3.8, 4) is 11.4 Å². The van der Waals surface area contributed by atoms with Gasteiger partial charge in [-0.3, -0.25) is 14.1 Å². The van der Waals surface area contributed by atoms with E-state index in [2.05, 4.69) is 29.9 Å². The van der Waals surface area contributed by atoms with Crippen LogP contribution in [0.15, 0.2) is 137 Å². The molecule has 0 spiro atoms. The number of halogens is 5. The van der Waals surface area contributed by atoms with Crippen LogP contribution in [-0.4, -0.2) is 108 Å². The second kappa shape index (κ2) is 28.7. The van der Waals surface area contributed by atoms with E-state index in [1.165, 1.54) is 54.9 Å². The molecule has 95 heavy (non-hydrogen) atoms. The van der Waals surface area contributed by atoms with Crippen molar-refractivity contribution in [3.63, 3.8) is 0 Å². The molecular weight excluding hydrogens is 1320 g/mol. The highest BCUT2D eigenvalue weighted by atomic mass is 35.5. The van der Waals surface area contributed by atoms with Crippen LogP contribution in [0.4, 0.5) is 17.6 Å². The van der Waals surface area contributed by atoms with E-state index in [1.54, 1.807) is 36.4 Å². The third-order valence-electron chi connectivity index (χ3n) is 16.2. The Morgan fingerprint density at radius 1 is 0.568 bits per heavy atom. The SMILES string of the molecule is CC(C)(C)[C@@H](CC(=O)O)Cc1nc(Cl)ncc1F.Cc1ccc(S(=O)(=O)O)cc1.Cc1ccc(S(=O)(=O)n2cc(-c3ncc(F)c(C[C@H](CC(=O)O)C(C)(C)C)n3)c3cc(F)cnc32)cc1.Cc1ccc(S(=O)(=O)n2cc(B3OC(C)(C)C(C)(C)O3)c3cc(F)cnc32)cc1. The normalized spacial score (nSPS) is 14.6. The lowest BCUT2D eigenvalue weighted by Crippen LogP contribution is -2.41. The summed E-state index contributed by atoms with van der Waals surface area (Å²) in [4.78, 5) is 46.1. The minimum absolute atomic E-state index is 0.00933. The number of benzene rings is 3. The van der Waals surface area contributed by atoms with E-state index in [9.17, 15) is 57.5 Å². The third-order valence-corrected chi connectivity index (χ3v) is 20.6. The van der Waals surface area contributed by atoms with Crippen molar-refractivity contribution < 1.29 is 76.5 Å². The maximum atomic E-state index is 14.8. The molecule has 1 saturated heterocycles. The van der Waals surface area contributed by atoms with Gasteiger partial charge in [-0.25, -0.2) is 72.2 Å². The van der Waals surface area contributed by atoms with Gasteiger partial charge in [0.15, 0.2) is 28.8 Å². The van der Waals surface area contributed by atoms with Gasteiger partial charge >= 0.3 is 19.1 Å². The zero-order valence-corrected chi connectivity index (χ0v) is 57.4. The van der Waals surface area contributed by atoms with Crippen molar-refractivity contribution in [1.82, 2.24) is 37.8 Å². The molecule has 506 valence electrons. The maximum absolute atomic E-state index is 14.8. The summed E-state index contributed by atoms with van der Waals surface area (Å²) >= 11 is 5.62. The molecule has 0 saturated carbocycles. The van der Waals surface area contributed by atoms with Crippen molar-refractivity contribution in [2.24, 2.45) is 22.7 Å². The molecule has 0 bridgehead atoms. The molecule has 0 unspecified atom stereocenters. The molecule has 0 aliphatic carbocycles. The number of carbonyl (C=O) groups is 2.